The van der Waals surface area contributed by atoms with Crippen LogP contribution in [0.3, 0.4) is 0 Å². The zero-order valence-electron chi connectivity index (χ0n) is 17.9. The van der Waals surface area contributed by atoms with E-state index in [-0.39, 0.29) is 5.92 Å². The number of aryl methyl sites for hydroxylation is 1. The molecule has 0 fully saturated rings. The number of fused-ring (bicyclic) bond motifs is 1. The quantitative estimate of drug-likeness (QED) is 0.451. The molecule has 0 unspecified atom stereocenters. The minimum absolute atomic E-state index is 0.188. The summed E-state index contributed by atoms with van der Waals surface area (Å²) in [7, 11) is 10.5. The summed E-state index contributed by atoms with van der Waals surface area (Å²) >= 11 is 0. The molecule has 0 bridgehead atoms. The van der Waals surface area contributed by atoms with E-state index in [1.165, 1.54) is 39.0 Å². The summed E-state index contributed by atoms with van der Waals surface area (Å²) in [6.45, 7) is 0. The van der Waals surface area contributed by atoms with Crippen LogP contribution in [0.15, 0.2) is 79.0 Å². The normalized spacial score (nSPS) is 11.2. The van der Waals surface area contributed by atoms with E-state index in [1.807, 2.05) is 0 Å². The topological polar surface area (TPSA) is 11.4 Å². The second-order valence-electron chi connectivity index (χ2n) is 8.12. The van der Waals surface area contributed by atoms with Crippen molar-refractivity contribution < 1.29 is 0 Å². The number of aromatic nitrogens is 1. The van der Waals surface area contributed by atoms with E-state index in [4.69, 9.17) is 0 Å². The molecule has 0 amide bonds. The zero-order chi connectivity index (χ0) is 20.5. The molecule has 4 aromatic rings. The second kappa shape index (κ2) is 7.67. The molecule has 0 saturated heterocycles. The van der Waals surface area contributed by atoms with Gasteiger partial charge in [-0.2, -0.15) is 0 Å². The van der Waals surface area contributed by atoms with Gasteiger partial charge in [0.1, 0.15) is 0 Å². The summed E-state index contributed by atoms with van der Waals surface area (Å²) in [5.74, 6) is 0.188. The molecular formula is C26H29N3. The van der Waals surface area contributed by atoms with Crippen LogP contribution in [0.25, 0.3) is 10.9 Å². The standard InChI is InChI=1S/C26H29N3/c1-27(2)21-14-10-19(11-15-21)26(20-12-16-22(17-13-20)28(3)4)24-18-29(5)25-9-7-6-8-23(24)25/h6-18,26H,1-5H3. The lowest BCUT2D eigenvalue weighted by molar-refractivity contribution is 0.926. The molecule has 148 valence electrons. The van der Waals surface area contributed by atoms with Crippen LogP contribution in [-0.2, 0) is 7.05 Å². The number of rotatable bonds is 5. The van der Waals surface area contributed by atoms with Gasteiger partial charge in [0.05, 0.1) is 0 Å². The summed E-state index contributed by atoms with van der Waals surface area (Å²) in [5.41, 5.74) is 7.66. The Bertz CT molecular complexity index is 1050. The van der Waals surface area contributed by atoms with Crippen molar-refractivity contribution in [3.8, 4) is 0 Å². The number of nitrogens with zero attached hydrogens (tertiary/aromatic N) is 3. The highest BCUT2D eigenvalue weighted by Crippen LogP contribution is 2.38. The van der Waals surface area contributed by atoms with Gasteiger partial charge in [-0.15, -0.1) is 0 Å². The first-order valence-corrected chi connectivity index (χ1v) is 10.0. The monoisotopic (exact) mass is 383 g/mol. The minimum Gasteiger partial charge on any atom is -0.378 e. The molecule has 3 heteroatoms. The number of hydrogen-bond acceptors (Lipinski definition) is 2. The maximum atomic E-state index is 2.29. The smallest absolute Gasteiger partial charge is 0.0480 e. The van der Waals surface area contributed by atoms with E-state index in [9.17, 15) is 0 Å². The highest BCUT2D eigenvalue weighted by atomic mass is 15.1. The molecule has 0 spiro atoms. The Hall–Kier alpha value is -3.20. The summed E-state index contributed by atoms with van der Waals surface area (Å²) < 4.78 is 2.24. The molecule has 3 nitrogen and oxygen atoms in total. The fourth-order valence-corrected chi connectivity index (χ4v) is 4.08. The number of anilines is 2. The van der Waals surface area contributed by atoms with Gasteiger partial charge in [0.25, 0.3) is 0 Å². The average Bonchev–Trinajstić information content (AvgIpc) is 3.06. The predicted octanol–water partition coefficient (Wildman–Crippen LogP) is 5.49. The van der Waals surface area contributed by atoms with Crippen molar-refractivity contribution in [1.29, 1.82) is 0 Å². The first-order chi connectivity index (χ1) is 14.0. The van der Waals surface area contributed by atoms with Crippen LogP contribution in [0.5, 0.6) is 0 Å². The van der Waals surface area contributed by atoms with Gasteiger partial charge in [0, 0.05) is 69.6 Å². The third-order valence-electron chi connectivity index (χ3n) is 5.72. The molecule has 0 radical (unpaired) electrons. The molecule has 1 heterocycles. The van der Waals surface area contributed by atoms with E-state index in [0.717, 1.165) is 0 Å². The first-order valence-electron chi connectivity index (χ1n) is 10.0. The summed E-state index contributed by atoms with van der Waals surface area (Å²) in [6, 6.07) is 26.6. The summed E-state index contributed by atoms with van der Waals surface area (Å²) in [6.07, 6.45) is 2.29. The molecule has 0 aliphatic carbocycles. The Morgan fingerprint density at radius 2 is 1.14 bits per heavy atom. The van der Waals surface area contributed by atoms with Crippen LogP contribution in [-0.4, -0.2) is 32.8 Å². The van der Waals surface area contributed by atoms with Crippen LogP contribution >= 0.6 is 0 Å². The van der Waals surface area contributed by atoms with E-state index in [2.05, 4.69) is 129 Å². The van der Waals surface area contributed by atoms with Crippen LogP contribution < -0.4 is 9.80 Å². The van der Waals surface area contributed by atoms with E-state index >= 15 is 0 Å². The van der Waals surface area contributed by atoms with Crippen LogP contribution in [0.1, 0.15) is 22.6 Å². The van der Waals surface area contributed by atoms with E-state index < -0.39 is 0 Å². The summed E-state index contributed by atoms with van der Waals surface area (Å²) in [5, 5.41) is 1.31. The Labute approximate surface area is 173 Å². The molecular weight excluding hydrogens is 354 g/mol. The van der Waals surface area contributed by atoms with Gasteiger partial charge in [-0.1, -0.05) is 42.5 Å². The van der Waals surface area contributed by atoms with Crippen molar-refractivity contribution in [2.24, 2.45) is 7.05 Å². The Balaban J connectivity index is 1.89. The molecule has 1 aromatic heterocycles. The number of benzene rings is 3. The van der Waals surface area contributed by atoms with Crippen molar-refractivity contribution in [2.45, 2.75) is 5.92 Å². The van der Waals surface area contributed by atoms with Gasteiger partial charge in [-0.25, -0.2) is 0 Å². The van der Waals surface area contributed by atoms with Gasteiger partial charge < -0.3 is 14.4 Å². The Morgan fingerprint density at radius 1 is 0.655 bits per heavy atom. The van der Waals surface area contributed by atoms with Gasteiger partial charge >= 0.3 is 0 Å². The van der Waals surface area contributed by atoms with Crippen molar-refractivity contribution in [1.82, 2.24) is 4.57 Å². The number of para-hydroxylation sites is 1. The number of hydrogen-bond donors (Lipinski definition) is 0. The molecule has 0 aliphatic rings. The lowest BCUT2D eigenvalue weighted by Gasteiger charge is -2.21. The first kappa shape index (κ1) is 19.1. The lowest BCUT2D eigenvalue weighted by Crippen LogP contribution is -2.10. The lowest BCUT2D eigenvalue weighted by atomic mass is 9.85. The van der Waals surface area contributed by atoms with Crippen molar-refractivity contribution in [2.75, 3.05) is 38.0 Å². The maximum Gasteiger partial charge on any atom is 0.0480 e. The molecule has 3 aromatic carbocycles. The molecule has 0 aliphatic heterocycles. The van der Waals surface area contributed by atoms with Crippen molar-refractivity contribution in [3.63, 3.8) is 0 Å². The van der Waals surface area contributed by atoms with Crippen LogP contribution in [0.4, 0.5) is 11.4 Å². The second-order valence-corrected chi connectivity index (χ2v) is 8.12. The largest absolute Gasteiger partial charge is 0.378 e. The Kier molecular flexibility index (Phi) is 5.06. The maximum absolute atomic E-state index is 2.29. The van der Waals surface area contributed by atoms with Crippen molar-refractivity contribution >= 4 is 22.3 Å². The van der Waals surface area contributed by atoms with E-state index in [0.29, 0.717) is 0 Å². The highest BCUT2D eigenvalue weighted by Gasteiger charge is 2.21. The Morgan fingerprint density at radius 3 is 1.62 bits per heavy atom. The van der Waals surface area contributed by atoms with E-state index in [1.54, 1.807) is 0 Å². The molecule has 0 atom stereocenters. The third kappa shape index (κ3) is 3.61. The third-order valence-corrected chi connectivity index (χ3v) is 5.72. The van der Waals surface area contributed by atoms with Gasteiger partial charge in [0.15, 0.2) is 0 Å². The fraction of sp³-hybridized carbons (Fsp3) is 0.231. The summed E-state index contributed by atoms with van der Waals surface area (Å²) in [4.78, 5) is 4.28. The van der Waals surface area contributed by atoms with Crippen LogP contribution in [0, 0.1) is 0 Å². The molecule has 0 N–H and O–H groups in total. The van der Waals surface area contributed by atoms with Gasteiger partial charge in [-0.3, -0.25) is 0 Å². The molecule has 4 rings (SSSR count). The zero-order valence-corrected chi connectivity index (χ0v) is 17.9. The average molecular weight is 384 g/mol. The van der Waals surface area contributed by atoms with Crippen molar-refractivity contribution in [3.05, 3.63) is 95.7 Å². The minimum atomic E-state index is 0.188. The van der Waals surface area contributed by atoms with Crippen LogP contribution in [0.2, 0.25) is 0 Å². The molecule has 0 saturated carbocycles. The SMILES string of the molecule is CN(C)c1ccc(C(c2ccc(N(C)C)cc2)c2cn(C)c3ccccc23)cc1. The fourth-order valence-electron chi connectivity index (χ4n) is 4.08. The van der Waals surface area contributed by atoms with Gasteiger partial charge in [-0.05, 0) is 47.0 Å². The molecule has 29 heavy (non-hydrogen) atoms. The predicted molar refractivity (Wildman–Crippen MR) is 125 cm³/mol. The van der Waals surface area contributed by atoms with Gasteiger partial charge in [0.2, 0.25) is 0 Å². The highest BCUT2D eigenvalue weighted by molar-refractivity contribution is 5.85.